The predicted molar refractivity (Wildman–Crippen MR) is 228 cm³/mol. The van der Waals surface area contributed by atoms with Crippen LogP contribution in [0.15, 0.2) is 134 Å². The standard InChI is InChI=1S/C49H36N6/c1-3-4-14-42-30(2)46-38(26-50-42)39-27-51-43-15-8-5-11-35(43)47(39)54(46)33-22-18-31(19-23-33)32-20-24-34(25-21-32)55-48-36-12-6-9-16-44(36)52-28-40(48)41-29-53-45-17-10-7-13-37(45)49(41)55/h4,6-10,12-29H,3,5,11H2,1-2H3/b14-4-. The molecule has 0 spiro atoms. The van der Waals surface area contributed by atoms with E-state index in [-0.39, 0.29) is 0 Å². The maximum atomic E-state index is 4.91. The SMILES string of the molecule is CC/C=C\c1ncc2c3cnc4c(c3n(-c3ccc(-c5ccc(-n6c7c8ccccc8ncc7c7cnc8ccccc8c76)cc5)cc3)c2c1C)CCC=C4. The first-order valence-corrected chi connectivity index (χ1v) is 19.1. The molecule has 0 unspecified atom stereocenters. The van der Waals surface area contributed by atoms with Gasteiger partial charge in [0.25, 0.3) is 0 Å². The van der Waals surface area contributed by atoms with E-state index in [4.69, 9.17) is 19.9 Å². The molecule has 0 saturated carbocycles. The fourth-order valence-electron chi connectivity index (χ4n) is 8.80. The molecule has 6 aromatic heterocycles. The Bertz CT molecular complexity index is 3140. The van der Waals surface area contributed by atoms with Crippen molar-refractivity contribution in [3.63, 3.8) is 0 Å². The van der Waals surface area contributed by atoms with Crippen molar-refractivity contribution in [2.75, 3.05) is 0 Å². The van der Waals surface area contributed by atoms with Crippen molar-refractivity contribution in [3.8, 4) is 22.5 Å². The van der Waals surface area contributed by atoms with E-state index in [9.17, 15) is 0 Å². The lowest BCUT2D eigenvalue weighted by Gasteiger charge is -2.16. The molecule has 4 aromatic carbocycles. The van der Waals surface area contributed by atoms with Crippen LogP contribution in [0.4, 0.5) is 0 Å². The molecule has 6 nitrogen and oxygen atoms in total. The molecule has 0 amide bonds. The van der Waals surface area contributed by atoms with Gasteiger partial charge in [-0.15, -0.1) is 0 Å². The highest BCUT2D eigenvalue weighted by Crippen LogP contribution is 2.41. The molecule has 1 aliphatic rings. The molecule has 1 aliphatic carbocycles. The van der Waals surface area contributed by atoms with Crippen LogP contribution in [0.25, 0.3) is 100 Å². The zero-order valence-electron chi connectivity index (χ0n) is 30.7. The van der Waals surface area contributed by atoms with Gasteiger partial charge in [-0.3, -0.25) is 19.9 Å². The van der Waals surface area contributed by atoms with Gasteiger partial charge in [0, 0.05) is 74.0 Å². The molecule has 0 aliphatic heterocycles. The Kier molecular flexibility index (Phi) is 7.08. The summed E-state index contributed by atoms with van der Waals surface area (Å²) in [5.74, 6) is 0. The minimum Gasteiger partial charge on any atom is -0.308 e. The normalized spacial score (nSPS) is 13.1. The zero-order chi connectivity index (χ0) is 36.6. The van der Waals surface area contributed by atoms with Gasteiger partial charge in [0.05, 0.1) is 44.5 Å². The van der Waals surface area contributed by atoms with Crippen molar-refractivity contribution in [3.05, 3.63) is 157 Å². The fourth-order valence-corrected chi connectivity index (χ4v) is 8.80. The topological polar surface area (TPSA) is 61.4 Å². The van der Waals surface area contributed by atoms with Crippen LogP contribution in [0, 0.1) is 6.92 Å². The number of hydrogen-bond donors (Lipinski definition) is 0. The third-order valence-corrected chi connectivity index (χ3v) is 11.4. The second-order valence-electron chi connectivity index (χ2n) is 14.5. The highest BCUT2D eigenvalue weighted by molar-refractivity contribution is 6.22. The zero-order valence-corrected chi connectivity index (χ0v) is 30.7. The number of pyridine rings is 4. The smallest absolute Gasteiger partial charge is 0.0723 e. The molecule has 6 heteroatoms. The van der Waals surface area contributed by atoms with Crippen LogP contribution < -0.4 is 0 Å². The van der Waals surface area contributed by atoms with Gasteiger partial charge in [0.1, 0.15) is 0 Å². The van der Waals surface area contributed by atoms with E-state index in [1.165, 1.54) is 27.7 Å². The number of para-hydroxylation sites is 2. The monoisotopic (exact) mass is 708 g/mol. The summed E-state index contributed by atoms with van der Waals surface area (Å²) in [6, 6.07) is 34.8. The second-order valence-corrected chi connectivity index (χ2v) is 14.5. The van der Waals surface area contributed by atoms with Crippen LogP contribution in [0.1, 0.15) is 42.3 Å². The number of nitrogens with zero attached hydrogens (tertiary/aromatic N) is 6. The lowest BCUT2D eigenvalue weighted by Crippen LogP contribution is -2.03. The maximum Gasteiger partial charge on any atom is 0.0723 e. The largest absolute Gasteiger partial charge is 0.308 e. The average molecular weight is 709 g/mol. The Morgan fingerprint density at radius 3 is 1.71 bits per heavy atom. The van der Waals surface area contributed by atoms with Crippen molar-refractivity contribution in [1.82, 2.24) is 29.1 Å². The fraction of sp³-hybridized carbons (Fsp3) is 0.102. The van der Waals surface area contributed by atoms with Gasteiger partial charge >= 0.3 is 0 Å². The van der Waals surface area contributed by atoms with E-state index in [0.29, 0.717) is 0 Å². The van der Waals surface area contributed by atoms with Gasteiger partial charge in [-0.1, -0.05) is 79.7 Å². The minimum absolute atomic E-state index is 0.968. The first-order chi connectivity index (χ1) is 27.2. The number of aromatic nitrogens is 6. The molecule has 0 N–H and O–H groups in total. The van der Waals surface area contributed by atoms with Gasteiger partial charge in [-0.05, 0) is 91.4 Å². The Labute approximate surface area is 317 Å². The number of allylic oxidation sites excluding steroid dienone is 2. The third-order valence-electron chi connectivity index (χ3n) is 11.4. The summed E-state index contributed by atoms with van der Waals surface area (Å²) in [7, 11) is 0. The summed E-state index contributed by atoms with van der Waals surface area (Å²) in [6.45, 7) is 4.36. The van der Waals surface area contributed by atoms with E-state index in [2.05, 4.69) is 144 Å². The van der Waals surface area contributed by atoms with E-state index < -0.39 is 0 Å². The molecule has 0 saturated heterocycles. The first kappa shape index (κ1) is 31.6. The number of fused-ring (bicyclic) bond motifs is 12. The second kappa shape index (κ2) is 12.3. The Hall–Kier alpha value is -6.92. The van der Waals surface area contributed by atoms with Crippen molar-refractivity contribution < 1.29 is 0 Å². The summed E-state index contributed by atoms with van der Waals surface area (Å²) >= 11 is 0. The molecule has 0 fully saturated rings. The lowest BCUT2D eigenvalue weighted by molar-refractivity contribution is 0.966. The lowest BCUT2D eigenvalue weighted by atomic mass is 9.99. The highest BCUT2D eigenvalue weighted by atomic mass is 15.0. The number of aryl methyl sites for hydroxylation is 2. The first-order valence-electron chi connectivity index (χ1n) is 19.1. The van der Waals surface area contributed by atoms with Crippen molar-refractivity contribution in [1.29, 1.82) is 0 Å². The van der Waals surface area contributed by atoms with Gasteiger partial charge < -0.3 is 9.13 Å². The van der Waals surface area contributed by atoms with Crippen LogP contribution in [0.5, 0.6) is 0 Å². The maximum absolute atomic E-state index is 4.91. The predicted octanol–water partition coefficient (Wildman–Crippen LogP) is 12.1. The summed E-state index contributed by atoms with van der Waals surface area (Å²) in [5, 5.41) is 6.74. The van der Waals surface area contributed by atoms with Crippen LogP contribution in [-0.4, -0.2) is 29.1 Å². The van der Waals surface area contributed by atoms with Crippen LogP contribution in [0.2, 0.25) is 0 Å². The molecule has 55 heavy (non-hydrogen) atoms. The highest BCUT2D eigenvalue weighted by Gasteiger charge is 2.22. The molecule has 262 valence electrons. The molecular weight excluding hydrogens is 673 g/mol. The Balaban J connectivity index is 1.06. The number of hydrogen-bond acceptors (Lipinski definition) is 4. The van der Waals surface area contributed by atoms with Gasteiger partial charge in [0.15, 0.2) is 0 Å². The molecule has 0 atom stereocenters. The van der Waals surface area contributed by atoms with Crippen molar-refractivity contribution >= 4 is 77.6 Å². The average Bonchev–Trinajstić information content (AvgIpc) is 3.78. The van der Waals surface area contributed by atoms with Gasteiger partial charge in [-0.2, -0.15) is 0 Å². The minimum atomic E-state index is 0.968. The van der Waals surface area contributed by atoms with Crippen LogP contribution in [0.3, 0.4) is 0 Å². The molecule has 11 rings (SSSR count). The van der Waals surface area contributed by atoms with E-state index >= 15 is 0 Å². The van der Waals surface area contributed by atoms with Crippen molar-refractivity contribution in [2.45, 2.75) is 33.1 Å². The van der Waals surface area contributed by atoms with Crippen LogP contribution in [-0.2, 0) is 6.42 Å². The summed E-state index contributed by atoms with van der Waals surface area (Å²) in [5.41, 5.74) is 15.8. The summed E-state index contributed by atoms with van der Waals surface area (Å²) in [4.78, 5) is 19.5. The quantitative estimate of drug-likeness (QED) is 0.179. The summed E-state index contributed by atoms with van der Waals surface area (Å²) in [6.07, 6.45) is 19.8. The van der Waals surface area contributed by atoms with Gasteiger partial charge in [0.2, 0.25) is 0 Å². The van der Waals surface area contributed by atoms with Crippen LogP contribution >= 0.6 is 0 Å². The summed E-state index contributed by atoms with van der Waals surface area (Å²) < 4.78 is 4.86. The van der Waals surface area contributed by atoms with E-state index in [0.717, 1.165) is 102 Å². The number of benzene rings is 4. The Morgan fingerprint density at radius 2 is 1.09 bits per heavy atom. The molecular formula is C49H36N6. The molecule has 0 radical (unpaired) electrons. The molecule has 0 bridgehead atoms. The van der Waals surface area contributed by atoms with Gasteiger partial charge in [-0.25, -0.2) is 0 Å². The number of rotatable bonds is 5. The van der Waals surface area contributed by atoms with E-state index in [1.807, 2.05) is 24.8 Å². The molecule has 10 aromatic rings. The Morgan fingerprint density at radius 1 is 0.564 bits per heavy atom. The van der Waals surface area contributed by atoms with Crippen molar-refractivity contribution in [2.24, 2.45) is 0 Å². The van der Waals surface area contributed by atoms with E-state index in [1.54, 1.807) is 0 Å². The third kappa shape index (κ3) is 4.74. The molecule has 6 heterocycles.